The third kappa shape index (κ3) is 3.43. The third-order valence-corrected chi connectivity index (χ3v) is 2.83. The number of H-pyrrole nitrogens is 1. The van der Waals surface area contributed by atoms with Crippen molar-refractivity contribution in [3.8, 4) is 11.3 Å². The van der Waals surface area contributed by atoms with E-state index in [1.807, 2.05) is 6.20 Å². The van der Waals surface area contributed by atoms with Crippen molar-refractivity contribution in [1.82, 2.24) is 14.9 Å². The predicted molar refractivity (Wildman–Crippen MR) is 70.9 cm³/mol. The maximum Gasteiger partial charge on any atom is 0.0924 e. The molecule has 0 saturated heterocycles. The van der Waals surface area contributed by atoms with Gasteiger partial charge in [0.25, 0.3) is 0 Å². The second-order valence-electron chi connectivity index (χ2n) is 4.57. The first-order valence-electron chi connectivity index (χ1n) is 5.98. The summed E-state index contributed by atoms with van der Waals surface area (Å²) in [5, 5.41) is 0. The van der Waals surface area contributed by atoms with Gasteiger partial charge in [-0.15, -0.1) is 0 Å². The van der Waals surface area contributed by atoms with Crippen LogP contribution in [0, 0.1) is 0 Å². The van der Waals surface area contributed by atoms with Crippen LogP contribution in [0.2, 0.25) is 0 Å². The first-order chi connectivity index (χ1) is 8.25. The molecule has 2 rings (SSSR count). The van der Waals surface area contributed by atoms with Crippen molar-refractivity contribution in [2.45, 2.75) is 12.8 Å². The molecule has 0 amide bonds. The summed E-state index contributed by atoms with van der Waals surface area (Å²) in [6, 6.07) is 8.70. The number of imidazole rings is 1. The van der Waals surface area contributed by atoms with Crippen molar-refractivity contribution in [3.63, 3.8) is 0 Å². The van der Waals surface area contributed by atoms with Crippen LogP contribution < -0.4 is 0 Å². The summed E-state index contributed by atoms with van der Waals surface area (Å²) in [6.07, 6.45) is 5.90. The standard InChI is InChI=1S/C14H19N3/c1-17(2)9-3-4-12-5-7-13(8-6-12)14-10-15-11-16-14/h5-8,10-11H,3-4,9H2,1-2H3,(H,15,16). The quantitative estimate of drug-likeness (QED) is 0.854. The van der Waals surface area contributed by atoms with E-state index in [2.05, 4.69) is 53.2 Å². The maximum atomic E-state index is 4.03. The van der Waals surface area contributed by atoms with E-state index >= 15 is 0 Å². The Labute approximate surface area is 103 Å². The molecule has 0 bridgehead atoms. The fourth-order valence-electron chi connectivity index (χ4n) is 1.86. The molecule has 1 N–H and O–H groups in total. The van der Waals surface area contributed by atoms with Crippen LogP contribution in [0.3, 0.4) is 0 Å². The molecule has 1 aromatic heterocycles. The Bertz CT molecular complexity index is 429. The number of aromatic amines is 1. The molecular formula is C14H19N3. The van der Waals surface area contributed by atoms with Crippen LogP contribution in [-0.4, -0.2) is 35.5 Å². The summed E-state index contributed by atoms with van der Waals surface area (Å²) in [5.41, 5.74) is 3.67. The molecule has 0 atom stereocenters. The minimum Gasteiger partial charge on any atom is -0.345 e. The first-order valence-corrected chi connectivity index (χ1v) is 5.98. The number of benzene rings is 1. The molecule has 0 spiro atoms. The maximum absolute atomic E-state index is 4.03. The summed E-state index contributed by atoms with van der Waals surface area (Å²) in [6.45, 7) is 1.14. The van der Waals surface area contributed by atoms with Gasteiger partial charge in [-0.2, -0.15) is 0 Å². The molecule has 3 heteroatoms. The summed E-state index contributed by atoms with van der Waals surface area (Å²) in [4.78, 5) is 9.36. The van der Waals surface area contributed by atoms with Gasteiger partial charge in [0.15, 0.2) is 0 Å². The number of nitrogens with zero attached hydrogens (tertiary/aromatic N) is 2. The molecule has 1 aromatic carbocycles. The molecule has 0 aliphatic rings. The minimum absolute atomic E-state index is 1.07. The van der Waals surface area contributed by atoms with Gasteiger partial charge >= 0.3 is 0 Å². The summed E-state index contributed by atoms with van der Waals surface area (Å²) < 4.78 is 0. The third-order valence-electron chi connectivity index (χ3n) is 2.83. The van der Waals surface area contributed by atoms with E-state index in [0.29, 0.717) is 0 Å². The van der Waals surface area contributed by atoms with Gasteiger partial charge in [0.05, 0.1) is 18.2 Å². The van der Waals surface area contributed by atoms with Crippen LogP contribution in [0.15, 0.2) is 36.8 Å². The van der Waals surface area contributed by atoms with E-state index in [0.717, 1.165) is 18.7 Å². The summed E-state index contributed by atoms with van der Waals surface area (Å²) in [5.74, 6) is 0. The van der Waals surface area contributed by atoms with Gasteiger partial charge < -0.3 is 9.88 Å². The lowest BCUT2D eigenvalue weighted by molar-refractivity contribution is 0.400. The summed E-state index contributed by atoms with van der Waals surface area (Å²) in [7, 11) is 4.22. The molecule has 1 heterocycles. The van der Waals surface area contributed by atoms with E-state index < -0.39 is 0 Å². The van der Waals surface area contributed by atoms with E-state index in [1.165, 1.54) is 17.5 Å². The monoisotopic (exact) mass is 229 g/mol. The molecule has 0 aliphatic heterocycles. The lowest BCUT2D eigenvalue weighted by Gasteiger charge is -2.09. The Morgan fingerprint density at radius 1 is 1.18 bits per heavy atom. The van der Waals surface area contributed by atoms with Crippen LogP contribution in [0.1, 0.15) is 12.0 Å². The fraction of sp³-hybridized carbons (Fsp3) is 0.357. The SMILES string of the molecule is CN(C)CCCc1ccc(-c2cnc[nH]2)cc1. The molecule has 0 unspecified atom stereocenters. The van der Waals surface area contributed by atoms with Gasteiger partial charge in [0.2, 0.25) is 0 Å². The minimum atomic E-state index is 1.07. The largest absolute Gasteiger partial charge is 0.345 e. The number of aryl methyl sites for hydroxylation is 1. The molecule has 90 valence electrons. The Kier molecular flexibility index (Phi) is 3.94. The van der Waals surface area contributed by atoms with Crippen molar-refractivity contribution in [1.29, 1.82) is 0 Å². The van der Waals surface area contributed by atoms with Gasteiger partial charge in [-0.25, -0.2) is 4.98 Å². The number of rotatable bonds is 5. The number of aromatic nitrogens is 2. The highest BCUT2D eigenvalue weighted by Gasteiger charge is 1.99. The van der Waals surface area contributed by atoms with Crippen LogP contribution in [-0.2, 0) is 6.42 Å². The van der Waals surface area contributed by atoms with E-state index in [9.17, 15) is 0 Å². The lowest BCUT2D eigenvalue weighted by Crippen LogP contribution is -2.13. The highest BCUT2D eigenvalue weighted by atomic mass is 15.0. The van der Waals surface area contributed by atoms with Crippen molar-refractivity contribution in [2.75, 3.05) is 20.6 Å². The Hall–Kier alpha value is -1.61. The average molecular weight is 229 g/mol. The predicted octanol–water partition coefficient (Wildman–Crippen LogP) is 2.57. The fourth-order valence-corrected chi connectivity index (χ4v) is 1.86. The molecule has 0 saturated carbocycles. The zero-order chi connectivity index (χ0) is 12.1. The van der Waals surface area contributed by atoms with Crippen LogP contribution in [0.5, 0.6) is 0 Å². The van der Waals surface area contributed by atoms with Crippen LogP contribution >= 0.6 is 0 Å². The Morgan fingerprint density at radius 3 is 2.53 bits per heavy atom. The molecule has 0 fully saturated rings. The lowest BCUT2D eigenvalue weighted by atomic mass is 10.1. The van der Waals surface area contributed by atoms with Gasteiger partial charge in [0, 0.05) is 0 Å². The zero-order valence-electron chi connectivity index (χ0n) is 10.5. The average Bonchev–Trinajstić information content (AvgIpc) is 2.83. The van der Waals surface area contributed by atoms with Crippen molar-refractivity contribution >= 4 is 0 Å². The topological polar surface area (TPSA) is 31.9 Å². The molecule has 3 nitrogen and oxygen atoms in total. The van der Waals surface area contributed by atoms with Crippen molar-refractivity contribution in [2.24, 2.45) is 0 Å². The van der Waals surface area contributed by atoms with E-state index in [-0.39, 0.29) is 0 Å². The highest BCUT2D eigenvalue weighted by Crippen LogP contribution is 2.17. The Morgan fingerprint density at radius 2 is 1.94 bits per heavy atom. The highest BCUT2D eigenvalue weighted by molar-refractivity contribution is 5.58. The van der Waals surface area contributed by atoms with Gasteiger partial charge in [0.1, 0.15) is 0 Å². The van der Waals surface area contributed by atoms with Gasteiger partial charge in [-0.3, -0.25) is 0 Å². The van der Waals surface area contributed by atoms with Crippen molar-refractivity contribution in [3.05, 3.63) is 42.4 Å². The smallest absolute Gasteiger partial charge is 0.0924 e. The molecule has 0 radical (unpaired) electrons. The zero-order valence-corrected chi connectivity index (χ0v) is 10.5. The van der Waals surface area contributed by atoms with Gasteiger partial charge in [-0.1, -0.05) is 24.3 Å². The van der Waals surface area contributed by atoms with E-state index in [4.69, 9.17) is 0 Å². The molecular weight excluding hydrogens is 210 g/mol. The summed E-state index contributed by atoms with van der Waals surface area (Å²) >= 11 is 0. The number of nitrogens with one attached hydrogen (secondary N) is 1. The Balaban J connectivity index is 1.94. The second-order valence-corrected chi connectivity index (χ2v) is 4.57. The molecule has 2 aromatic rings. The number of hydrogen-bond donors (Lipinski definition) is 1. The normalized spacial score (nSPS) is 11.0. The second kappa shape index (κ2) is 5.64. The van der Waals surface area contributed by atoms with Gasteiger partial charge in [-0.05, 0) is 44.6 Å². The van der Waals surface area contributed by atoms with Crippen molar-refractivity contribution < 1.29 is 0 Å². The first kappa shape index (κ1) is 11.9. The van der Waals surface area contributed by atoms with Crippen LogP contribution in [0.4, 0.5) is 0 Å². The molecule has 17 heavy (non-hydrogen) atoms. The van der Waals surface area contributed by atoms with E-state index in [1.54, 1.807) is 6.33 Å². The number of hydrogen-bond acceptors (Lipinski definition) is 2. The van der Waals surface area contributed by atoms with Crippen LogP contribution in [0.25, 0.3) is 11.3 Å². The molecule has 0 aliphatic carbocycles.